The largest absolute Gasteiger partial charge is 0.444 e. The number of alkyl carbamates (subject to hydrolysis) is 1. The maximum atomic E-state index is 14.3. The van der Waals surface area contributed by atoms with Gasteiger partial charge < -0.3 is 36.1 Å². The van der Waals surface area contributed by atoms with Crippen LogP contribution in [0.15, 0.2) is 67.1 Å². The molecule has 1 aliphatic rings. The molecule has 0 saturated heterocycles. The molecule has 0 aliphatic heterocycles. The highest BCUT2D eigenvalue weighted by atomic mass is 35.5. The number of benzene rings is 2. The molecule has 0 bridgehead atoms. The first kappa shape index (κ1) is 41.3. The highest BCUT2D eigenvalue weighted by Crippen LogP contribution is 2.29. The molecule has 1 aromatic heterocycles. The normalized spacial score (nSPS) is 16.3. The number of hydrogen-bond acceptors (Lipinski definition) is 7. The molecular weight excluding hydrogens is 696 g/mol. The Morgan fingerprint density at radius 1 is 0.868 bits per heavy atom. The molecule has 3 aromatic rings. The summed E-state index contributed by atoms with van der Waals surface area (Å²) < 4.78 is 5.46. The van der Waals surface area contributed by atoms with Crippen LogP contribution in [0.1, 0.15) is 82.5 Å². The maximum Gasteiger partial charge on any atom is 0.408 e. The number of carbonyl (C=O) groups excluding carboxylic acids is 4. The number of nitrogens with zero attached hydrogens (tertiary/aromatic N) is 1. The summed E-state index contributed by atoms with van der Waals surface area (Å²) in [5.41, 5.74) is 1.52. The van der Waals surface area contributed by atoms with E-state index in [1.165, 1.54) is 6.33 Å². The molecular formula is C40H55ClN6O6. The number of aliphatic hydroxyl groups is 1. The van der Waals surface area contributed by atoms with E-state index in [0.29, 0.717) is 23.6 Å². The van der Waals surface area contributed by atoms with Crippen molar-refractivity contribution >= 4 is 35.4 Å². The van der Waals surface area contributed by atoms with Crippen LogP contribution in [0.5, 0.6) is 0 Å². The molecule has 6 N–H and O–H groups in total. The second-order valence-electron chi connectivity index (χ2n) is 15.0. The summed E-state index contributed by atoms with van der Waals surface area (Å²) in [5.74, 6) is -1.58. The molecule has 1 fully saturated rings. The number of nitrogens with one attached hydrogen (secondary N) is 5. The number of halogens is 1. The van der Waals surface area contributed by atoms with E-state index < -0.39 is 53.7 Å². The molecule has 0 spiro atoms. The van der Waals surface area contributed by atoms with Crippen LogP contribution in [-0.2, 0) is 38.4 Å². The Balaban J connectivity index is 1.57. The van der Waals surface area contributed by atoms with E-state index in [9.17, 15) is 24.3 Å². The zero-order valence-corrected chi connectivity index (χ0v) is 32.0. The smallest absolute Gasteiger partial charge is 0.408 e. The molecule has 2 unspecified atom stereocenters. The van der Waals surface area contributed by atoms with Gasteiger partial charge in [-0.25, -0.2) is 9.78 Å². The Morgan fingerprint density at radius 2 is 1.51 bits per heavy atom. The molecule has 1 aliphatic carbocycles. The van der Waals surface area contributed by atoms with Gasteiger partial charge in [0, 0.05) is 42.7 Å². The first-order valence-electron chi connectivity index (χ1n) is 18.5. The van der Waals surface area contributed by atoms with Crippen LogP contribution in [0.3, 0.4) is 0 Å². The van der Waals surface area contributed by atoms with Gasteiger partial charge in [0.1, 0.15) is 17.7 Å². The molecule has 5 atom stereocenters. The Hall–Kier alpha value is -4.42. The average molecular weight is 751 g/mol. The number of hydrogen-bond donors (Lipinski definition) is 6. The molecule has 1 saturated carbocycles. The third-order valence-corrected chi connectivity index (χ3v) is 9.80. The number of aromatic amines is 1. The highest BCUT2D eigenvalue weighted by molar-refractivity contribution is 6.30. The minimum atomic E-state index is -1.09. The van der Waals surface area contributed by atoms with Crippen molar-refractivity contribution in [3.63, 3.8) is 0 Å². The molecule has 0 radical (unpaired) electrons. The fourth-order valence-corrected chi connectivity index (χ4v) is 6.96. The van der Waals surface area contributed by atoms with E-state index in [1.807, 2.05) is 42.5 Å². The van der Waals surface area contributed by atoms with Gasteiger partial charge in [-0.15, -0.1) is 0 Å². The van der Waals surface area contributed by atoms with Crippen LogP contribution >= 0.6 is 11.6 Å². The first-order chi connectivity index (χ1) is 25.3. The highest BCUT2D eigenvalue weighted by Gasteiger charge is 2.34. The van der Waals surface area contributed by atoms with Gasteiger partial charge in [0.2, 0.25) is 17.7 Å². The van der Waals surface area contributed by atoms with Crippen molar-refractivity contribution in [1.82, 2.24) is 31.2 Å². The lowest BCUT2D eigenvalue weighted by Gasteiger charge is -2.33. The van der Waals surface area contributed by atoms with Crippen LogP contribution in [0, 0.1) is 11.8 Å². The number of carbonyl (C=O) groups is 4. The lowest BCUT2D eigenvalue weighted by atomic mass is 9.81. The first-order valence-corrected chi connectivity index (χ1v) is 18.9. The second kappa shape index (κ2) is 20.1. The summed E-state index contributed by atoms with van der Waals surface area (Å²) in [6, 6.07) is 13.6. The summed E-state index contributed by atoms with van der Waals surface area (Å²) in [6.45, 7) is 5.20. The molecule has 53 heavy (non-hydrogen) atoms. The van der Waals surface area contributed by atoms with E-state index >= 15 is 0 Å². The van der Waals surface area contributed by atoms with Gasteiger partial charge >= 0.3 is 6.09 Å². The van der Waals surface area contributed by atoms with Crippen LogP contribution in [-0.4, -0.2) is 75.8 Å². The zero-order chi connectivity index (χ0) is 38.4. The van der Waals surface area contributed by atoms with E-state index in [0.717, 1.165) is 43.2 Å². The van der Waals surface area contributed by atoms with Crippen molar-refractivity contribution in [1.29, 1.82) is 0 Å². The number of aliphatic hydroxyl groups excluding tert-OH is 1. The van der Waals surface area contributed by atoms with Crippen molar-refractivity contribution in [3.8, 4) is 0 Å². The third-order valence-electron chi connectivity index (χ3n) is 9.54. The molecule has 13 heteroatoms. The van der Waals surface area contributed by atoms with E-state index in [1.54, 1.807) is 46.1 Å². The van der Waals surface area contributed by atoms with Gasteiger partial charge in [0.15, 0.2) is 0 Å². The predicted molar refractivity (Wildman–Crippen MR) is 204 cm³/mol. The van der Waals surface area contributed by atoms with Gasteiger partial charge in [-0.3, -0.25) is 14.4 Å². The topological polar surface area (TPSA) is 175 Å². The number of imidazole rings is 1. The lowest BCUT2D eigenvalue weighted by Crippen LogP contribution is -2.58. The maximum absolute atomic E-state index is 14.3. The standard InChI is InChI=1S/C40H55ClN6O6/c1-40(2,3)53-39(52)47-33(21-27-13-9-6-10-14-27)37(50)46-34(23-31-24-43-25-44-31)38(51)45-32(20-26-11-7-5-8-12-26)35(48)22-29(36(49)42-4)19-28-15-17-30(41)18-16-28/h6,9-10,13-18,24-26,29,32-35,48H,5,7-8,11-12,19-23H2,1-4H3,(H,42,49)(H,43,44)(H,45,51)(H,46,50)(H,47,52)/t29?,32-,33-,34-,35?/m0/s1. The average Bonchev–Trinajstić information content (AvgIpc) is 3.64. The Kier molecular flexibility index (Phi) is 15.7. The molecule has 4 amide bonds. The number of H-pyrrole nitrogens is 1. The third kappa shape index (κ3) is 14.2. The molecule has 4 rings (SSSR count). The van der Waals surface area contributed by atoms with E-state index in [2.05, 4.69) is 31.2 Å². The van der Waals surface area contributed by atoms with Crippen LogP contribution < -0.4 is 21.3 Å². The van der Waals surface area contributed by atoms with Crippen LogP contribution in [0.4, 0.5) is 4.79 Å². The van der Waals surface area contributed by atoms with Gasteiger partial charge in [0.05, 0.1) is 18.5 Å². The fourth-order valence-electron chi connectivity index (χ4n) is 6.83. The fraction of sp³-hybridized carbons (Fsp3) is 0.525. The number of rotatable bonds is 17. The summed E-state index contributed by atoms with van der Waals surface area (Å²) in [6.07, 6.45) is 7.75. The van der Waals surface area contributed by atoms with E-state index in [4.69, 9.17) is 16.3 Å². The number of amides is 4. The monoisotopic (exact) mass is 750 g/mol. The number of ether oxygens (including phenoxy) is 1. The summed E-state index contributed by atoms with van der Waals surface area (Å²) >= 11 is 6.09. The molecule has 12 nitrogen and oxygen atoms in total. The van der Waals surface area contributed by atoms with Gasteiger partial charge in [-0.2, -0.15) is 0 Å². The Morgan fingerprint density at radius 3 is 2.13 bits per heavy atom. The van der Waals surface area contributed by atoms with Crippen molar-refractivity contribution in [2.45, 2.75) is 115 Å². The predicted octanol–water partition coefficient (Wildman–Crippen LogP) is 5.04. The summed E-state index contributed by atoms with van der Waals surface area (Å²) in [5, 5.41) is 23.8. The SMILES string of the molecule is CNC(=O)C(Cc1ccc(Cl)cc1)CC(O)[C@H](CC1CCCCC1)NC(=O)[C@H](Cc1cnc[nH]1)NC(=O)[C@H](Cc1ccccc1)NC(=O)OC(C)(C)C. The summed E-state index contributed by atoms with van der Waals surface area (Å²) in [7, 11) is 1.57. The zero-order valence-electron chi connectivity index (χ0n) is 31.2. The van der Waals surface area contributed by atoms with Gasteiger partial charge in [-0.05, 0) is 69.2 Å². The van der Waals surface area contributed by atoms with Gasteiger partial charge in [-0.1, -0.05) is 86.2 Å². The quantitative estimate of drug-likeness (QED) is 0.112. The van der Waals surface area contributed by atoms with E-state index in [-0.39, 0.29) is 31.1 Å². The minimum Gasteiger partial charge on any atom is -0.444 e. The summed E-state index contributed by atoms with van der Waals surface area (Å²) in [4.78, 5) is 61.3. The minimum absolute atomic E-state index is 0.0751. The van der Waals surface area contributed by atoms with Crippen molar-refractivity contribution in [2.75, 3.05) is 7.05 Å². The number of aromatic nitrogens is 2. The Bertz CT molecular complexity index is 1590. The van der Waals surface area contributed by atoms with Crippen molar-refractivity contribution in [3.05, 3.63) is 89.0 Å². The molecule has 288 valence electrons. The van der Waals surface area contributed by atoms with Crippen LogP contribution in [0.25, 0.3) is 0 Å². The molecule has 1 heterocycles. The van der Waals surface area contributed by atoms with Crippen LogP contribution in [0.2, 0.25) is 5.02 Å². The van der Waals surface area contributed by atoms with Gasteiger partial charge in [0.25, 0.3) is 0 Å². The lowest BCUT2D eigenvalue weighted by molar-refractivity contribution is -0.131. The Labute approximate surface area is 317 Å². The molecule has 2 aromatic carbocycles. The van der Waals surface area contributed by atoms with Crippen molar-refractivity contribution in [2.24, 2.45) is 11.8 Å². The second-order valence-corrected chi connectivity index (χ2v) is 15.5. The van der Waals surface area contributed by atoms with Crippen molar-refractivity contribution < 1.29 is 29.0 Å².